The Bertz CT molecular complexity index is 987. The highest BCUT2D eigenvalue weighted by Gasteiger charge is 2.78. The fourth-order valence-electron chi connectivity index (χ4n) is 4.62. The van der Waals surface area contributed by atoms with Crippen LogP contribution in [0.2, 0.25) is 0 Å². The van der Waals surface area contributed by atoms with Gasteiger partial charge < -0.3 is 10.1 Å². The second-order valence-electron chi connectivity index (χ2n) is 7.57. The predicted octanol–water partition coefficient (Wildman–Crippen LogP) is 1.87. The molecular formula is C21H18N2O4. The molecule has 0 aliphatic carbocycles. The molecule has 0 spiro atoms. The first-order valence-corrected chi connectivity index (χ1v) is 8.91. The highest BCUT2D eigenvalue weighted by Crippen LogP contribution is 2.59. The molecule has 0 radical (unpaired) electrons. The van der Waals surface area contributed by atoms with Gasteiger partial charge in [0.25, 0.3) is 5.91 Å². The predicted molar refractivity (Wildman–Crippen MR) is 96.4 cm³/mol. The molecule has 2 aromatic rings. The number of hydrogen-bond donors (Lipinski definition) is 1. The topological polar surface area (TPSA) is 75.7 Å². The van der Waals surface area contributed by atoms with E-state index in [4.69, 9.17) is 4.74 Å². The molecule has 136 valence electrons. The Labute approximate surface area is 156 Å². The number of fused-ring (bicyclic) bond motifs is 5. The summed E-state index contributed by atoms with van der Waals surface area (Å²) in [6.45, 7) is 3.54. The van der Waals surface area contributed by atoms with Crippen molar-refractivity contribution in [3.63, 3.8) is 0 Å². The van der Waals surface area contributed by atoms with E-state index in [0.717, 1.165) is 5.56 Å². The largest absolute Gasteiger partial charge is 0.334 e. The van der Waals surface area contributed by atoms with Crippen LogP contribution in [0.4, 0.5) is 5.69 Å². The molecule has 3 fully saturated rings. The average Bonchev–Trinajstić information content (AvgIpc) is 3.20. The first-order valence-electron chi connectivity index (χ1n) is 8.91. The summed E-state index contributed by atoms with van der Waals surface area (Å²) in [6.07, 6.45) is 0. The number of carbonyl (C=O) groups excluding carboxylic acids is 3. The van der Waals surface area contributed by atoms with Gasteiger partial charge in [-0.2, -0.15) is 0 Å². The summed E-state index contributed by atoms with van der Waals surface area (Å²) in [4.78, 5) is 40.5. The molecule has 6 heteroatoms. The second kappa shape index (κ2) is 5.04. The SMILES string of the molecule is Cc1ccc(N2C(=O)[C@@H]3[C@H](C2=O)[C@@]2(C)O[C@]3(c3ccccc3)NC2=O)cc1. The van der Waals surface area contributed by atoms with E-state index in [-0.39, 0.29) is 17.7 Å². The minimum Gasteiger partial charge on any atom is -0.334 e. The van der Waals surface area contributed by atoms with Crippen molar-refractivity contribution in [2.24, 2.45) is 11.8 Å². The summed E-state index contributed by atoms with van der Waals surface area (Å²) in [5.74, 6) is -2.73. The highest BCUT2D eigenvalue weighted by molar-refractivity contribution is 6.25. The van der Waals surface area contributed by atoms with Crippen LogP contribution in [0.1, 0.15) is 18.1 Å². The van der Waals surface area contributed by atoms with E-state index in [1.54, 1.807) is 31.2 Å². The van der Waals surface area contributed by atoms with E-state index in [1.165, 1.54) is 4.90 Å². The Morgan fingerprint density at radius 3 is 2.22 bits per heavy atom. The number of nitrogens with one attached hydrogen (secondary N) is 1. The molecule has 1 N–H and O–H groups in total. The van der Waals surface area contributed by atoms with E-state index in [1.807, 2.05) is 37.3 Å². The van der Waals surface area contributed by atoms with Crippen LogP contribution in [0.25, 0.3) is 0 Å². The molecule has 2 aromatic carbocycles. The number of rotatable bonds is 2. The van der Waals surface area contributed by atoms with Gasteiger partial charge in [0.15, 0.2) is 11.3 Å². The smallest absolute Gasteiger partial charge is 0.255 e. The number of nitrogens with zero attached hydrogens (tertiary/aromatic N) is 1. The van der Waals surface area contributed by atoms with Gasteiger partial charge in [-0.25, -0.2) is 4.90 Å². The van der Waals surface area contributed by atoms with Crippen molar-refractivity contribution in [1.82, 2.24) is 5.32 Å². The van der Waals surface area contributed by atoms with E-state index in [2.05, 4.69) is 5.32 Å². The first-order chi connectivity index (χ1) is 12.9. The number of piperidine rings is 1. The number of imide groups is 1. The van der Waals surface area contributed by atoms with Crippen molar-refractivity contribution in [2.45, 2.75) is 25.2 Å². The number of benzene rings is 2. The molecule has 3 aliphatic heterocycles. The number of carbonyl (C=O) groups is 3. The monoisotopic (exact) mass is 362 g/mol. The third-order valence-corrected chi connectivity index (χ3v) is 5.96. The normalized spacial score (nSPS) is 34.1. The molecule has 3 aliphatic rings. The fraction of sp³-hybridized carbons (Fsp3) is 0.286. The molecule has 6 nitrogen and oxygen atoms in total. The lowest BCUT2D eigenvalue weighted by atomic mass is 9.74. The highest BCUT2D eigenvalue weighted by atomic mass is 16.6. The van der Waals surface area contributed by atoms with Crippen LogP contribution in [-0.4, -0.2) is 23.3 Å². The Balaban J connectivity index is 1.67. The quantitative estimate of drug-likeness (QED) is 0.828. The first kappa shape index (κ1) is 16.2. The lowest BCUT2D eigenvalue weighted by Gasteiger charge is -2.32. The molecular weight excluding hydrogens is 344 g/mol. The summed E-state index contributed by atoms with van der Waals surface area (Å²) < 4.78 is 6.13. The lowest BCUT2D eigenvalue weighted by molar-refractivity contribution is -0.140. The second-order valence-corrected chi connectivity index (χ2v) is 7.57. The van der Waals surface area contributed by atoms with Crippen LogP contribution < -0.4 is 10.2 Å². The van der Waals surface area contributed by atoms with Gasteiger partial charge in [-0.15, -0.1) is 0 Å². The summed E-state index contributed by atoms with van der Waals surface area (Å²) in [5.41, 5.74) is -0.465. The number of aryl methyl sites for hydroxylation is 1. The van der Waals surface area contributed by atoms with E-state index in [9.17, 15) is 14.4 Å². The van der Waals surface area contributed by atoms with Gasteiger partial charge in [0.1, 0.15) is 5.92 Å². The summed E-state index contributed by atoms with van der Waals surface area (Å²) >= 11 is 0. The van der Waals surface area contributed by atoms with E-state index < -0.39 is 23.2 Å². The molecule has 4 atom stereocenters. The van der Waals surface area contributed by atoms with Gasteiger partial charge in [-0.1, -0.05) is 48.0 Å². The number of hydrogen-bond acceptors (Lipinski definition) is 4. The molecule has 0 aromatic heterocycles. The van der Waals surface area contributed by atoms with Gasteiger partial charge >= 0.3 is 0 Å². The zero-order chi connectivity index (χ0) is 19.0. The molecule has 5 rings (SSSR count). The molecule has 0 saturated carbocycles. The van der Waals surface area contributed by atoms with Gasteiger partial charge in [0, 0.05) is 5.56 Å². The van der Waals surface area contributed by atoms with Crippen LogP contribution in [0.5, 0.6) is 0 Å². The Morgan fingerprint density at radius 2 is 1.56 bits per heavy atom. The molecule has 3 saturated heterocycles. The van der Waals surface area contributed by atoms with Crippen molar-refractivity contribution in [1.29, 1.82) is 0 Å². The van der Waals surface area contributed by atoms with Crippen molar-refractivity contribution in [3.05, 3.63) is 65.7 Å². The van der Waals surface area contributed by atoms with Gasteiger partial charge in [0.2, 0.25) is 11.8 Å². The molecule has 3 amide bonds. The Morgan fingerprint density at radius 1 is 0.926 bits per heavy atom. The van der Waals surface area contributed by atoms with E-state index in [0.29, 0.717) is 11.3 Å². The Kier molecular flexibility index (Phi) is 3.03. The standard InChI is InChI=1S/C21H18N2O4/c1-12-8-10-14(11-9-12)23-17(24)15-16(18(23)25)21(13-6-4-3-5-7-13)22-19(26)20(15,2)27-21/h3-11,15-16H,1-2H3,(H,22,26)/t15-,16+,20-,21+/m1/s1. The van der Waals surface area contributed by atoms with Crippen LogP contribution >= 0.6 is 0 Å². The zero-order valence-electron chi connectivity index (χ0n) is 14.9. The van der Waals surface area contributed by atoms with Crippen molar-refractivity contribution in [2.75, 3.05) is 4.90 Å². The minimum atomic E-state index is -1.37. The molecule has 0 unspecified atom stereocenters. The molecule has 3 heterocycles. The fourth-order valence-corrected chi connectivity index (χ4v) is 4.62. The van der Waals surface area contributed by atoms with Crippen molar-refractivity contribution < 1.29 is 19.1 Å². The minimum absolute atomic E-state index is 0.346. The Hall–Kier alpha value is -2.99. The van der Waals surface area contributed by atoms with Crippen molar-refractivity contribution >= 4 is 23.4 Å². The summed E-state index contributed by atoms with van der Waals surface area (Å²) in [5, 5.41) is 2.87. The van der Waals surface area contributed by atoms with Crippen LogP contribution in [0.3, 0.4) is 0 Å². The van der Waals surface area contributed by atoms with Gasteiger partial charge in [-0.05, 0) is 26.0 Å². The van der Waals surface area contributed by atoms with Gasteiger partial charge in [0.05, 0.1) is 11.6 Å². The zero-order valence-corrected chi connectivity index (χ0v) is 14.9. The van der Waals surface area contributed by atoms with Crippen LogP contribution in [0.15, 0.2) is 54.6 Å². The van der Waals surface area contributed by atoms with E-state index >= 15 is 0 Å². The molecule has 27 heavy (non-hydrogen) atoms. The van der Waals surface area contributed by atoms with Gasteiger partial charge in [-0.3, -0.25) is 14.4 Å². The maximum absolute atomic E-state index is 13.4. The lowest BCUT2D eigenvalue weighted by Crippen LogP contribution is -2.55. The maximum Gasteiger partial charge on any atom is 0.255 e. The summed E-state index contributed by atoms with van der Waals surface area (Å²) in [6, 6.07) is 16.3. The molecule has 2 bridgehead atoms. The number of anilines is 1. The average molecular weight is 362 g/mol. The van der Waals surface area contributed by atoms with Crippen LogP contribution in [0, 0.1) is 18.8 Å². The number of ether oxygens (including phenoxy) is 1. The maximum atomic E-state index is 13.4. The van der Waals surface area contributed by atoms with Crippen LogP contribution in [-0.2, 0) is 24.8 Å². The number of amides is 3. The third-order valence-electron chi connectivity index (χ3n) is 5.96. The summed E-state index contributed by atoms with van der Waals surface area (Å²) in [7, 11) is 0. The van der Waals surface area contributed by atoms with Crippen molar-refractivity contribution in [3.8, 4) is 0 Å². The third kappa shape index (κ3) is 1.85.